The van der Waals surface area contributed by atoms with Crippen LogP contribution in [0.25, 0.3) is 0 Å². The summed E-state index contributed by atoms with van der Waals surface area (Å²) < 4.78 is 5.42. The molecule has 1 saturated heterocycles. The van der Waals surface area contributed by atoms with E-state index in [0.29, 0.717) is 18.5 Å². The number of para-hydroxylation sites is 1. The molecule has 2 aliphatic rings. The second-order valence-electron chi connectivity index (χ2n) is 10.6. The number of nitrogens with zero attached hydrogens (tertiary/aromatic N) is 2. The van der Waals surface area contributed by atoms with Crippen LogP contribution in [-0.2, 0) is 20.8 Å². The number of rotatable bonds is 7. The first-order valence-electron chi connectivity index (χ1n) is 14.5. The molecule has 4 amide bonds. The Bertz CT molecular complexity index is 1080. The minimum Gasteiger partial charge on any atom is -0.493 e. The Kier molecular flexibility index (Phi) is 16.5. The molecule has 1 unspecified atom stereocenters. The van der Waals surface area contributed by atoms with E-state index in [0.717, 1.165) is 44.7 Å². The third-order valence-corrected chi connectivity index (χ3v) is 7.04. The van der Waals surface area contributed by atoms with Crippen LogP contribution in [0.1, 0.15) is 69.3 Å². The summed E-state index contributed by atoms with van der Waals surface area (Å²) >= 11 is 0. The molecule has 0 bridgehead atoms. The van der Waals surface area contributed by atoms with Gasteiger partial charge >= 0.3 is 0 Å². The Labute approximate surface area is 250 Å². The van der Waals surface area contributed by atoms with Crippen LogP contribution in [0.5, 0.6) is 5.75 Å². The molecule has 0 aliphatic carbocycles. The zero-order valence-corrected chi connectivity index (χ0v) is 25.8. The lowest BCUT2D eigenvalue weighted by Gasteiger charge is -2.38. The Balaban J connectivity index is 0.000000360. The van der Waals surface area contributed by atoms with Crippen molar-refractivity contribution in [2.75, 3.05) is 33.3 Å². The van der Waals surface area contributed by atoms with Crippen LogP contribution in [0, 0.1) is 0 Å². The molecule has 42 heavy (non-hydrogen) atoms. The van der Waals surface area contributed by atoms with Crippen LogP contribution in [-0.4, -0.2) is 78.8 Å². The lowest BCUT2D eigenvalue weighted by Crippen LogP contribution is -2.50. The molecule has 2 aromatic rings. The fourth-order valence-corrected chi connectivity index (χ4v) is 4.57. The van der Waals surface area contributed by atoms with E-state index < -0.39 is 5.54 Å². The van der Waals surface area contributed by atoms with Crippen LogP contribution < -0.4 is 21.5 Å². The van der Waals surface area contributed by atoms with E-state index in [9.17, 15) is 14.4 Å². The zero-order chi connectivity index (χ0) is 31.5. The first-order valence-corrected chi connectivity index (χ1v) is 14.5. The van der Waals surface area contributed by atoms with Gasteiger partial charge in [-0.3, -0.25) is 19.2 Å². The van der Waals surface area contributed by atoms with Gasteiger partial charge in [0.2, 0.25) is 18.2 Å². The average molecular weight is 584 g/mol. The molecular weight excluding hydrogens is 534 g/mol. The molecule has 5 N–H and O–H groups in total. The number of nitrogens with two attached hydrogens (primary N) is 2. The molecule has 2 aliphatic heterocycles. The molecule has 2 aromatic carbocycles. The predicted octanol–water partition coefficient (Wildman–Crippen LogP) is 3.13. The van der Waals surface area contributed by atoms with Crippen molar-refractivity contribution in [3.05, 3.63) is 65.7 Å². The van der Waals surface area contributed by atoms with E-state index in [-0.39, 0.29) is 30.2 Å². The smallest absolute Gasteiger partial charge is 0.254 e. The summed E-state index contributed by atoms with van der Waals surface area (Å²) in [6, 6.07) is 17.3. The molecule has 0 radical (unpaired) electrons. The minimum atomic E-state index is -0.485. The van der Waals surface area contributed by atoms with Crippen molar-refractivity contribution in [2.45, 2.75) is 71.4 Å². The quantitative estimate of drug-likeness (QED) is 0.427. The number of hydrogen-bond donors (Lipinski definition) is 3. The average Bonchev–Trinajstić information content (AvgIpc) is 3.54. The number of fused-ring (bicyclic) bond motifs is 1. The van der Waals surface area contributed by atoms with Gasteiger partial charge in [0.05, 0.1) is 12.6 Å². The van der Waals surface area contributed by atoms with Gasteiger partial charge in [-0.2, -0.15) is 0 Å². The zero-order valence-electron chi connectivity index (χ0n) is 25.8. The number of primary amides is 2. The van der Waals surface area contributed by atoms with Crippen LogP contribution in [0.3, 0.4) is 0 Å². The molecule has 4 rings (SSSR count). The molecule has 1 fully saturated rings. The van der Waals surface area contributed by atoms with Gasteiger partial charge in [0.1, 0.15) is 5.75 Å². The van der Waals surface area contributed by atoms with E-state index in [1.54, 1.807) is 18.9 Å². The molecule has 10 heteroatoms. The highest BCUT2D eigenvalue weighted by molar-refractivity contribution is 5.95. The first kappa shape index (κ1) is 36.1. The molecule has 0 aromatic heterocycles. The second-order valence-corrected chi connectivity index (χ2v) is 10.6. The topological polar surface area (TPSA) is 148 Å². The number of likely N-dealkylation sites (N-methyl/N-ethyl adjacent to an activating group) is 1. The first-order chi connectivity index (χ1) is 20.0. The third kappa shape index (κ3) is 12.3. The van der Waals surface area contributed by atoms with Crippen LogP contribution in [0.15, 0.2) is 54.6 Å². The standard InChI is InChI=1S/C18H26N2O2.C9H10O.C4H10N2O.CH3NO/c1-4-20(17(22)15-10-6-5-7-11-15)18(2,3)14-16(21)19-12-8-9-13-19;1-2-6-9-8(4-1)5-3-7-10-9;1-3(6-2)4(5)7;2-1-3/h5-7,10-11H,4,8-9,12-14H2,1-3H3;1-2,4,6H,3,5,7H2;3,6H,1-2H3,(H2,5,7);1H,(H2,2,3). The molecule has 2 heterocycles. The fourth-order valence-electron chi connectivity index (χ4n) is 4.57. The molecule has 10 nitrogen and oxygen atoms in total. The van der Waals surface area contributed by atoms with Crippen LogP contribution in [0.2, 0.25) is 0 Å². The molecule has 232 valence electrons. The SMILES string of the molecule is CCN(C(=O)c1ccccc1)C(C)(C)CC(=O)N1CCCC1.CNC(C)C(N)=O.NC=O.c1ccc2c(c1)CCCO2. The van der Waals surface area contributed by atoms with Gasteiger partial charge in [-0.05, 0) is 84.2 Å². The number of amides is 4. The summed E-state index contributed by atoms with van der Waals surface area (Å²) in [6.45, 7) is 10.8. The normalized spacial score (nSPS) is 14.1. The van der Waals surface area contributed by atoms with E-state index in [2.05, 4.69) is 23.2 Å². The molecule has 0 spiro atoms. The van der Waals surface area contributed by atoms with Gasteiger partial charge in [0.25, 0.3) is 5.91 Å². The summed E-state index contributed by atoms with van der Waals surface area (Å²) in [7, 11) is 1.69. The number of likely N-dealkylation sites (tertiary alicyclic amines) is 1. The largest absolute Gasteiger partial charge is 0.493 e. The summed E-state index contributed by atoms with van der Waals surface area (Å²) in [5.41, 5.74) is 10.6. The number of aryl methyl sites for hydroxylation is 1. The van der Waals surface area contributed by atoms with Gasteiger partial charge in [-0.1, -0.05) is 36.4 Å². The Morgan fingerprint density at radius 3 is 2.12 bits per heavy atom. The van der Waals surface area contributed by atoms with Crippen molar-refractivity contribution >= 4 is 24.1 Å². The summed E-state index contributed by atoms with van der Waals surface area (Å²) in [5.74, 6) is 0.903. The maximum Gasteiger partial charge on any atom is 0.254 e. The molecular formula is C32H49N5O5. The molecule has 1 atom stereocenters. The van der Waals surface area contributed by atoms with Crippen molar-refractivity contribution < 1.29 is 23.9 Å². The summed E-state index contributed by atoms with van der Waals surface area (Å²) in [5, 5.41) is 2.69. The van der Waals surface area contributed by atoms with Crippen molar-refractivity contribution in [3.63, 3.8) is 0 Å². The summed E-state index contributed by atoms with van der Waals surface area (Å²) in [6.07, 6.45) is 5.14. The summed E-state index contributed by atoms with van der Waals surface area (Å²) in [4.78, 5) is 47.5. The van der Waals surface area contributed by atoms with E-state index in [1.807, 2.05) is 68.1 Å². The van der Waals surface area contributed by atoms with Crippen molar-refractivity contribution in [2.24, 2.45) is 11.5 Å². The van der Waals surface area contributed by atoms with E-state index in [4.69, 9.17) is 15.3 Å². The van der Waals surface area contributed by atoms with E-state index in [1.165, 1.54) is 12.0 Å². The number of nitrogens with one attached hydrogen (secondary N) is 1. The highest BCUT2D eigenvalue weighted by Crippen LogP contribution is 2.24. The maximum atomic E-state index is 12.7. The minimum absolute atomic E-state index is 0.0117. The van der Waals surface area contributed by atoms with Crippen LogP contribution >= 0.6 is 0 Å². The fraction of sp³-hybridized carbons (Fsp3) is 0.500. The second kappa shape index (κ2) is 19.2. The monoisotopic (exact) mass is 583 g/mol. The predicted molar refractivity (Wildman–Crippen MR) is 166 cm³/mol. The lowest BCUT2D eigenvalue weighted by molar-refractivity contribution is -0.132. The Morgan fingerprint density at radius 2 is 1.62 bits per heavy atom. The maximum absolute atomic E-state index is 12.7. The van der Waals surface area contributed by atoms with E-state index >= 15 is 0 Å². The van der Waals surface area contributed by atoms with Gasteiger partial charge in [0.15, 0.2) is 0 Å². The van der Waals surface area contributed by atoms with Crippen molar-refractivity contribution in [1.29, 1.82) is 0 Å². The van der Waals surface area contributed by atoms with Gasteiger partial charge in [0, 0.05) is 37.2 Å². The number of carbonyl (C=O) groups is 4. The number of hydrogen-bond acceptors (Lipinski definition) is 6. The van der Waals surface area contributed by atoms with Crippen LogP contribution in [0.4, 0.5) is 0 Å². The lowest BCUT2D eigenvalue weighted by atomic mass is 9.96. The number of ether oxygens (including phenoxy) is 1. The Hall–Kier alpha value is -3.92. The highest BCUT2D eigenvalue weighted by atomic mass is 16.5. The highest BCUT2D eigenvalue weighted by Gasteiger charge is 2.34. The van der Waals surface area contributed by atoms with Crippen molar-refractivity contribution in [3.8, 4) is 5.75 Å². The number of benzene rings is 2. The van der Waals surface area contributed by atoms with Gasteiger partial charge < -0.3 is 31.3 Å². The number of carbonyl (C=O) groups excluding carboxylic acids is 4. The Morgan fingerprint density at radius 1 is 1.05 bits per heavy atom. The molecule has 0 saturated carbocycles. The third-order valence-electron chi connectivity index (χ3n) is 7.04. The van der Waals surface area contributed by atoms with Gasteiger partial charge in [-0.25, -0.2) is 0 Å². The van der Waals surface area contributed by atoms with Gasteiger partial charge in [-0.15, -0.1) is 0 Å². The van der Waals surface area contributed by atoms with Crippen molar-refractivity contribution in [1.82, 2.24) is 15.1 Å².